The van der Waals surface area contributed by atoms with Gasteiger partial charge < -0.3 is 15.1 Å². The summed E-state index contributed by atoms with van der Waals surface area (Å²) < 4.78 is 0. The molecule has 2 amide bonds. The van der Waals surface area contributed by atoms with E-state index >= 15 is 0 Å². The standard InChI is InChI=1S/C20H26N4O2/c1-4-23(5-2)18-6-8-19(9-7-18)24(16(3)25)15-20(26)22-14-17-10-12-21-13-11-17/h6-13H,4-5,14-15H2,1-3H3,(H,22,26). The lowest BCUT2D eigenvalue weighted by Gasteiger charge is -2.24. The summed E-state index contributed by atoms with van der Waals surface area (Å²) in [6.07, 6.45) is 3.36. The van der Waals surface area contributed by atoms with Crippen molar-refractivity contribution in [3.63, 3.8) is 0 Å². The Kier molecular flexibility index (Phi) is 7.14. The second-order valence-electron chi connectivity index (χ2n) is 5.93. The third-order valence-electron chi connectivity index (χ3n) is 4.21. The van der Waals surface area contributed by atoms with Crippen molar-refractivity contribution in [1.82, 2.24) is 10.3 Å². The minimum Gasteiger partial charge on any atom is -0.372 e. The average Bonchev–Trinajstić information content (AvgIpc) is 2.67. The van der Waals surface area contributed by atoms with E-state index in [1.165, 1.54) is 11.8 Å². The van der Waals surface area contributed by atoms with E-state index in [2.05, 4.69) is 29.0 Å². The van der Waals surface area contributed by atoms with Gasteiger partial charge in [0.05, 0.1) is 0 Å². The summed E-state index contributed by atoms with van der Waals surface area (Å²) in [6.45, 7) is 7.92. The number of rotatable bonds is 8. The lowest BCUT2D eigenvalue weighted by atomic mass is 10.2. The van der Waals surface area contributed by atoms with Crippen LogP contribution in [0.2, 0.25) is 0 Å². The van der Waals surface area contributed by atoms with Crippen LogP contribution in [0.3, 0.4) is 0 Å². The van der Waals surface area contributed by atoms with Crippen molar-refractivity contribution >= 4 is 23.2 Å². The summed E-state index contributed by atoms with van der Waals surface area (Å²) in [5.41, 5.74) is 2.78. The number of nitrogens with one attached hydrogen (secondary N) is 1. The van der Waals surface area contributed by atoms with Gasteiger partial charge in [0.15, 0.2) is 0 Å². The number of aromatic nitrogens is 1. The number of pyridine rings is 1. The normalized spacial score (nSPS) is 10.3. The van der Waals surface area contributed by atoms with Crippen LogP contribution in [-0.2, 0) is 16.1 Å². The molecule has 1 aromatic carbocycles. The van der Waals surface area contributed by atoms with Crippen molar-refractivity contribution in [1.29, 1.82) is 0 Å². The molecule has 0 atom stereocenters. The predicted molar refractivity (Wildman–Crippen MR) is 104 cm³/mol. The maximum absolute atomic E-state index is 12.2. The van der Waals surface area contributed by atoms with Gasteiger partial charge in [0, 0.05) is 50.3 Å². The molecular formula is C20H26N4O2. The van der Waals surface area contributed by atoms with Crippen LogP contribution in [0.5, 0.6) is 0 Å². The maximum atomic E-state index is 12.2. The van der Waals surface area contributed by atoms with Crippen molar-refractivity contribution in [2.75, 3.05) is 29.4 Å². The van der Waals surface area contributed by atoms with E-state index in [-0.39, 0.29) is 18.4 Å². The molecule has 26 heavy (non-hydrogen) atoms. The van der Waals surface area contributed by atoms with Crippen molar-refractivity contribution in [3.05, 3.63) is 54.4 Å². The van der Waals surface area contributed by atoms with Crippen molar-refractivity contribution in [2.45, 2.75) is 27.3 Å². The Morgan fingerprint density at radius 3 is 2.08 bits per heavy atom. The van der Waals surface area contributed by atoms with Crippen LogP contribution in [0.4, 0.5) is 11.4 Å². The van der Waals surface area contributed by atoms with Gasteiger partial charge in [-0.2, -0.15) is 0 Å². The zero-order chi connectivity index (χ0) is 18.9. The van der Waals surface area contributed by atoms with Gasteiger partial charge in [-0.15, -0.1) is 0 Å². The molecule has 2 aromatic rings. The smallest absolute Gasteiger partial charge is 0.240 e. The zero-order valence-corrected chi connectivity index (χ0v) is 15.6. The highest BCUT2D eigenvalue weighted by Gasteiger charge is 2.16. The Labute approximate surface area is 154 Å². The Morgan fingerprint density at radius 1 is 0.962 bits per heavy atom. The predicted octanol–water partition coefficient (Wildman–Crippen LogP) is 2.60. The lowest BCUT2D eigenvalue weighted by molar-refractivity contribution is -0.123. The third-order valence-corrected chi connectivity index (χ3v) is 4.21. The van der Waals surface area contributed by atoms with E-state index in [0.717, 1.165) is 24.3 Å². The molecule has 0 aliphatic rings. The molecule has 0 saturated carbocycles. The number of carbonyl (C=O) groups is 2. The van der Waals surface area contributed by atoms with E-state index < -0.39 is 0 Å². The van der Waals surface area contributed by atoms with Gasteiger partial charge in [-0.05, 0) is 55.8 Å². The van der Waals surface area contributed by atoms with E-state index in [0.29, 0.717) is 12.2 Å². The first-order chi connectivity index (χ1) is 12.5. The minimum atomic E-state index is -0.204. The van der Waals surface area contributed by atoms with Crippen molar-refractivity contribution in [2.24, 2.45) is 0 Å². The second-order valence-corrected chi connectivity index (χ2v) is 5.93. The summed E-state index contributed by atoms with van der Waals surface area (Å²) in [4.78, 5) is 31.9. The maximum Gasteiger partial charge on any atom is 0.240 e. The quantitative estimate of drug-likeness (QED) is 0.791. The molecule has 1 N–H and O–H groups in total. The fourth-order valence-corrected chi connectivity index (χ4v) is 2.72. The Morgan fingerprint density at radius 2 is 1.54 bits per heavy atom. The Hall–Kier alpha value is -2.89. The summed E-state index contributed by atoms with van der Waals surface area (Å²) in [7, 11) is 0. The van der Waals surface area contributed by atoms with Gasteiger partial charge in [-0.3, -0.25) is 14.6 Å². The van der Waals surface area contributed by atoms with Crippen LogP contribution in [0, 0.1) is 0 Å². The molecule has 6 nitrogen and oxygen atoms in total. The SMILES string of the molecule is CCN(CC)c1ccc(N(CC(=O)NCc2ccncc2)C(C)=O)cc1. The first kappa shape index (κ1) is 19.4. The molecule has 0 aliphatic heterocycles. The molecule has 0 unspecified atom stereocenters. The van der Waals surface area contributed by atoms with Gasteiger partial charge >= 0.3 is 0 Å². The van der Waals surface area contributed by atoms with E-state index in [4.69, 9.17) is 0 Å². The Balaban J connectivity index is 2.01. The molecule has 2 rings (SSSR count). The highest BCUT2D eigenvalue weighted by molar-refractivity contribution is 5.97. The zero-order valence-electron chi connectivity index (χ0n) is 15.6. The number of hydrogen-bond acceptors (Lipinski definition) is 4. The lowest BCUT2D eigenvalue weighted by Crippen LogP contribution is -2.39. The first-order valence-corrected chi connectivity index (χ1v) is 8.83. The molecule has 0 aliphatic carbocycles. The monoisotopic (exact) mass is 354 g/mol. The number of nitrogens with zero attached hydrogens (tertiary/aromatic N) is 3. The highest BCUT2D eigenvalue weighted by Crippen LogP contribution is 2.21. The number of hydrogen-bond donors (Lipinski definition) is 1. The molecule has 138 valence electrons. The first-order valence-electron chi connectivity index (χ1n) is 8.83. The van der Waals surface area contributed by atoms with E-state index in [9.17, 15) is 9.59 Å². The molecule has 1 aromatic heterocycles. The largest absolute Gasteiger partial charge is 0.372 e. The summed E-state index contributed by atoms with van der Waals surface area (Å²) in [5.74, 6) is -0.371. The fraction of sp³-hybridized carbons (Fsp3) is 0.350. The molecule has 0 radical (unpaired) electrons. The van der Waals surface area contributed by atoms with Crippen LogP contribution in [0.1, 0.15) is 26.3 Å². The molecule has 0 saturated heterocycles. The number of benzene rings is 1. The summed E-state index contributed by atoms with van der Waals surface area (Å²) in [5, 5.41) is 2.83. The van der Waals surface area contributed by atoms with Gasteiger partial charge in [0.25, 0.3) is 0 Å². The van der Waals surface area contributed by atoms with Crippen LogP contribution >= 0.6 is 0 Å². The molecule has 0 fully saturated rings. The average molecular weight is 354 g/mol. The van der Waals surface area contributed by atoms with Crippen molar-refractivity contribution < 1.29 is 9.59 Å². The molecule has 0 bridgehead atoms. The molecule has 0 spiro atoms. The third kappa shape index (κ3) is 5.31. The second kappa shape index (κ2) is 9.56. The summed E-state index contributed by atoms with van der Waals surface area (Å²) >= 11 is 0. The van der Waals surface area contributed by atoms with E-state index in [1.807, 2.05) is 36.4 Å². The van der Waals surface area contributed by atoms with Gasteiger partial charge in [0.1, 0.15) is 6.54 Å². The Bertz CT molecular complexity index is 712. The highest BCUT2D eigenvalue weighted by atomic mass is 16.2. The fourth-order valence-electron chi connectivity index (χ4n) is 2.72. The van der Waals surface area contributed by atoms with Gasteiger partial charge in [-0.25, -0.2) is 0 Å². The number of anilines is 2. The minimum absolute atomic E-state index is 0.00890. The summed E-state index contributed by atoms with van der Waals surface area (Å²) in [6, 6.07) is 11.4. The van der Waals surface area contributed by atoms with Crippen LogP contribution < -0.4 is 15.1 Å². The van der Waals surface area contributed by atoms with E-state index in [1.54, 1.807) is 12.4 Å². The number of carbonyl (C=O) groups excluding carboxylic acids is 2. The molecule has 1 heterocycles. The van der Waals surface area contributed by atoms with Crippen molar-refractivity contribution in [3.8, 4) is 0 Å². The molecular weight excluding hydrogens is 328 g/mol. The topological polar surface area (TPSA) is 65.5 Å². The van der Waals surface area contributed by atoms with Gasteiger partial charge in [-0.1, -0.05) is 0 Å². The molecule has 6 heteroatoms. The number of amides is 2. The van der Waals surface area contributed by atoms with Crippen LogP contribution in [0.25, 0.3) is 0 Å². The van der Waals surface area contributed by atoms with Crippen LogP contribution in [-0.4, -0.2) is 36.4 Å². The van der Waals surface area contributed by atoms with Crippen LogP contribution in [0.15, 0.2) is 48.8 Å². The van der Waals surface area contributed by atoms with Gasteiger partial charge in [0.2, 0.25) is 11.8 Å².